The third kappa shape index (κ3) is 5.13. The number of hydrogen-bond donors (Lipinski definition) is 1. The van der Waals surface area contributed by atoms with Gasteiger partial charge in [0.25, 0.3) is 17.5 Å². The van der Waals surface area contributed by atoms with E-state index in [1.54, 1.807) is 6.07 Å². The molecule has 4 rings (SSSR count). The highest BCUT2D eigenvalue weighted by atomic mass is 16.6. The second-order valence-corrected chi connectivity index (χ2v) is 7.70. The average Bonchev–Trinajstić information content (AvgIpc) is 3.41. The molecule has 35 heavy (non-hydrogen) atoms. The van der Waals surface area contributed by atoms with Crippen LogP contribution < -0.4 is 10.1 Å². The molecule has 0 saturated carbocycles. The Morgan fingerprint density at radius 3 is 2.60 bits per heavy atom. The topological polar surface area (TPSA) is 141 Å². The van der Waals surface area contributed by atoms with Crippen molar-refractivity contribution in [2.24, 2.45) is 0 Å². The van der Waals surface area contributed by atoms with E-state index in [1.165, 1.54) is 42.5 Å². The third-order valence-electron chi connectivity index (χ3n) is 5.53. The number of nitrogens with one attached hydrogen (secondary N) is 1. The minimum Gasteiger partial charge on any atom is -0.496 e. The lowest BCUT2D eigenvalue weighted by Crippen LogP contribution is -2.49. The fourth-order valence-electron chi connectivity index (χ4n) is 3.80. The van der Waals surface area contributed by atoms with Crippen molar-refractivity contribution in [1.29, 1.82) is 0 Å². The van der Waals surface area contributed by atoms with E-state index in [9.17, 15) is 24.5 Å². The Morgan fingerprint density at radius 1 is 1.14 bits per heavy atom. The summed E-state index contributed by atoms with van der Waals surface area (Å²) in [6.45, 7) is -0.525. The number of carbonyl (C=O) groups is 3. The Kier molecular flexibility index (Phi) is 6.76. The van der Waals surface area contributed by atoms with Crippen molar-refractivity contribution < 1.29 is 33.2 Å². The number of carbonyl (C=O) groups excluding carboxylic acids is 3. The van der Waals surface area contributed by atoms with Crippen molar-refractivity contribution in [3.8, 4) is 5.75 Å². The Labute approximate surface area is 199 Å². The highest BCUT2D eigenvalue weighted by Crippen LogP contribution is 2.29. The van der Waals surface area contributed by atoms with Crippen LogP contribution in [-0.4, -0.2) is 47.4 Å². The van der Waals surface area contributed by atoms with Crippen LogP contribution in [0.25, 0.3) is 0 Å². The molecule has 1 aliphatic heterocycles. The van der Waals surface area contributed by atoms with Crippen LogP contribution in [0.1, 0.15) is 21.7 Å². The van der Waals surface area contributed by atoms with Crippen molar-refractivity contribution in [3.63, 3.8) is 0 Å². The van der Waals surface area contributed by atoms with Crippen LogP contribution >= 0.6 is 0 Å². The van der Waals surface area contributed by atoms with E-state index in [-0.39, 0.29) is 35.9 Å². The first-order valence-electron chi connectivity index (χ1n) is 10.6. The van der Waals surface area contributed by atoms with Crippen molar-refractivity contribution in [2.75, 3.05) is 19.0 Å². The molecule has 0 unspecified atom stereocenters. The average molecular weight is 479 g/mol. The summed E-state index contributed by atoms with van der Waals surface area (Å²) in [4.78, 5) is 50.3. The summed E-state index contributed by atoms with van der Waals surface area (Å²) in [6.07, 6.45) is 1.56. The van der Waals surface area contributed by atoms with Gasteiger partial charge in [0.05, 0.1) is 24.4 Å². The normalized spacial score (nSPS) is 14.5. The van der Waals surface area contributed by atoms with Gasteiger partial charge in [-0.1, -0.05) is 24.3 Å². The molecule has 2 aromatic carbocycles. The second kappa shape index (κ2) is 10.1. The molecule has 1 aliphatic rings. The lowest BCUT2D eigenvalue weighted by atomic mass is 9.93. The number of esters is 1. The zero-order valence-corrected chi connectivity index (χ0v) is 18.6. The van der Waals surface area contributed by atoms with Crippen LogP contribution in [0, 0.1) is 10.1 Å². The lowest BCUT2D eigenvalue weighted by Gasteiger charge is -2.34. The number of rotatable bonds is 7. The van der Waals surface area contributed by atoms with Gasteiger partial charge in [0, 0.05) is 13.0 Å². The first-order valence-corrected chi connectivity index (χ1v) is 10.6. The maximum absolute atomic E-state index is 13.0. The molecule has 1 N–H and O–H groups in total. The standard InChI is InChI=1S/C24H21N3O8/c1-33-17-8-9-18(19(12-17)27(31)32)25-22(28)14-35-24(30)20-11-15-5-2-3-6-16(15)13-26(20)23(29)21-7-4-10-34-21/h2-10,12,20H,11,13-14H2,1H3,(H,25,28)/t20-/m0/s1. The molecule has 0 bridgehead atoms. The molecule has 11 nitrogen and oxygen atoms in total. The number of nitrogens with zero attached hydrogens (tertiary/aromatic N) is 2. The molecule has 3 aromatic rings. The molecule has 2 amide bonds. The molecular formula is C24H21N3O8. The molecule has 1 aromatic heterocycles. The smallest absolute Gasteiger partial charge is 0.329 e. The number of furan rings is 1. The molecule has 0 aliphatic carbocycles. The third-order valence-corrected chi connectivity index (χ3v) is 5.53. The number of benzene rings is 2. The number of methoxy groups -OCH3 is 1. The van der Waals surface area contributed by atoms with E-state index in [0.717, 1.165) is 11.1 Å². The predicted molar refractivity (Wildman–Crippen MR) is 122 cm³/mol. The number of nitro benzene ring substituents is 1. The van der Waals surface area contributed by atoms with Crippen LogP contribution in [0.4, 0.5) is 11.4 Å². The van der Waals surface area contributed by atoms with Gasteiger partial charge < -0.3 is 24.1 Å². The van der Waals surface area contributed by atoms with Crippen LogP contribution in [0.2, 0.25) is 0 Å². The molecule has 0 spiro atoms. The quantitative estimate of drug-likeness (QED) is 0.310. The van der Waals surface area contributed by atoms with Gasteiger partial charge in [0.15, 0.2) is 12.4 Å². The number of nitro groups is 1. The summed E-state index contributed by atoms with van der Waals surface area (Å²) < 4.78 is 15.4. The fraction of sp³-hybridized carbons (Fsp3) is 0.208. The van der Waals surface area contributed by atoms with Crippen LogP contribution in [0.15, 0.2) is 65.3 Å². The summed E-state index contributed by atoms with van der Waals surface area (Å²) >= 11 is 0. The number of fused-ring (bicyclic) bond motifs is 1. The Morgan fingerprint density at radius 2 is 1.91 bits per heavy atom. The van der Waals surface area contributed by atoms with E-state index >= 15 is 0 Å². The van der Waals surface area contributed by atoms with Crippen LogP contribution in [-0.2, 0) is 27.3 Å². The minimum atomic E-state index is -0.981. The lowest BCUT2D eigenvalue weighted by molar-refractivity contribution is -0.384. The molecule has 180 valence electrons. The summed E-state index contributed by atoms with van der Waals surface area (Å²) in [6, 6.07) is 13.4. The van der Waals surface area contributed by atoms with Crippen molar-refractivity contribution in [3.05, 3.63) is 87.9 Å². The Balaban J connectivity index is 1.46. The van der Waals surface area contributed by atoms with Gasteiger partial charge in [-0.25, -0.2) is 4.79 Å². The van der Waals surface area contributed by atoms with Gasteiger partial charge in [-0.05, 0) is 35.4 Å². The van der Waals surface area contributed by atoms with Gasteiger partial charge in [-0.2, -0.15) is 0 Å². The Hall–Kier alpha value is -4.67. The first-order chi connectivity index (χ1) is 16.9. The van der Waals surface area contributed by atoms with Crippen LogP contribution in [0.5, 0.6) is 5.75 Å². The zero-order valence-electron chi connectivity index (χ0n) is 18.6. The van der Waals surface area contributed by atoms with Gasteiger partial charge in [-0.3, -0.25) is 19.7 Å². The Bertz CT molecular complexity index is 1270. The summed E-state index contributed by atoms with van der Waals surface area (Å²) in [5, 5.41) is 13.7. The molecule has 0 radical (unpaired) electrons. The number of ether oxygens (including phenoxy) is 2. The van der Waals surface area contributed by atoms with Crippen molar-refractivity contribution >= 4 is 29.2 Å². The summed E-state index contributed by atoms with van der Waals surface area (Å²) in [5.74, 6) is -1.71. The highest BCUT2D eigenvalue weighted by molar-refractivity contribution is 5.97. The van der Waals surface area contributed by atoms with E-state index in [2.05, 4.69) is 5.32 Å². The SMILES string of the molecule is COc1ccc(NC(=O)COC(=O)[C@@H]2Cc3ccccc3CN2C(=O)c2ccco2)c([N+](=O)[O-])c1. The van der Waals surface area contributed by atoms with E-state index in [0.29, 0.717) is 0 Å². The molecule has 1 atom stereocenters. The van der Waals surface area contributed by atoms with E-state index in [1.807, 2.05) is 24.3 Å². The van der Waals surface area contributed by atoms with E-state index < -0.39 is 35.4 Å². The zero-order chi connectivity index (χ0) is 24.9. The molecule has 11 heteroatoms. The number of hydrogen-bond acceptors (Lipinski definition) is 8. The molecule has 0 saturated heterocycles. The van der Waals surface area contributed by atoms with Crippen LogP contribution in [0.3, 0.4) is 0 Å². The van der Waals surface area contributed by atoms with Gasteiger partial charge in [-0.15, -0.1) is 0 Å². The van der Waals surface area contributed by atoms with Crippen molar-refractivity contribution in [2.45, 2.75) is 19.0 Å². The number of anilines is 1. The molecule has 0 fully saturated rings. The van der Waals surface area contributed by atoms with Gasteiger partial charge in [0.2, 0.25) is 0 Å². The maximum atomic E-state index is 13.0. The summed E-state index contributed by atoms with van der Waals surface area (Å²) in [5.41, 5.74) is 1.33. The summed E-state index contributed by atoms with van der Waals surface area (Å²) in [7, 11) is 1.36. The number of amides is 2. The maximum Gasteiger partial charge on any atom is 0.329 e. The van der Waals surface area contributed by atoms with E-state index in [4.69, 9.17) is 13.9 Å². The monoisotopic (exact) mass is 479 g/mol. The fourth-order valence-corrected chi connectivity index (χ4v) is 3.80. The first kappa shape index (κ1) is 23.5. The largest absolute Gasteiger partial charge is 0.496 e. The van der Waals surface area contributed by atoms with Gasteiger partial charge in [0.1, 0.15) is 17.5 Å². The minimum absolute atomic E-state index is 0.0712. The molecular weight excluding hydrogens is 458 g/mol. The van der Waals surface area contributed by atoms with Crippen molar-refractivity contribution in [1.82, 2.24) is 4.90 Å². The predicted octanol–water partition coefficient (Wildman–Crippen LogP) is 2.95. The second-order valence-electron chi connectivity index (χ2n) is 7.70. The van der Waals surface area contributed by atoms with Gasteiger partial charge >= 0.3 is 5.97 Å². The molecule has 2 heterocycles. The highest BCUT2D eigenvalue weighted by Gasteiger charge is 2.37.